The average Bonchev–Trinajstić information content (AvgIpc) is 3.41. The largest absolute Gasteiger partial charge is 0.496 e. The Bertz CT molecular complexity index is 703. The molecule has 1 heterocycles. The van der Waals surface area contributed by atoms with Crippen molar-refractivity contribution < 1.29 is 4.74 Å². The molecular weight excluding hydrogens is 324 g/mol. The molecule has 24 heavy (non-hydrogen) atoms. The van der Waals surface area contributed by atoms with E-state index in [1.54, 1.807) is 7.11 Å². The van der Waals surface area contributed by atoms with E-state index in [0.717, 1.165) is 30.2 Å². The molecule has 1 aliphatic rings. The molecule has 0 N–H and O–H groups in total. The first-order valence-corrected chi connectivity index (χ1v) is 8.50. The lowest BCUT2D eigenvalue weighted by atomic mass is 10.1. The molecule has 0 saturated heterocycles. The molecule has 5 nitrogen and oxygen atoms in total. The highest BCUT2D eigenvalue weighted by atomic mass is 35.5. The van der Waals surface area contributed by atoms with Crippen molar-refractivity contribution in [2.24, 2.45) is 0 Å². The summed E-state index contributed by atoms with van der Waals surface area (Å²) < 4.78 is 5.50. The Morgan fingerprint density at radius 3 is 2.58 bits per heavy atom. The van der Waals surface area contributed by atoms with Crippen LogP contribution in [0.2, 0.25) is 5.15 Å². The van der Waals surface area contributed by atoms with Gasteiger partial charge in [0.2, 0.25) is 0 Å². The Kier molecular flexibility index (Phi) is 5.21. The van der Waals surface area contributed by atoms with E-state index in [1.807, 2.05) is 37.2 Å². The van der Waals surface area contributed by atoms with Gasteiger partial charge >= 0.3 is 0 Å². The molecule has 6 heteroatoms. The van der Waals surface area contributed by atoms with Gasteiger partial charge in [0.15, 0.2) is 0 Å². The molecule has 128 valence electrons. The van der Waals surface area contributed by atoms with Crippen LogP contribution in [0.4, 0.5) is 5.82 Å². The topological polar surface area (TPSA) is 41.5 Å². The molecule has 1 fully saturated rings. The lowest BCUT2D eigenvalue weighted by Crippen LogP contribution is -2.27. The third-order valence-corrected chi connectivity index (χ3v) is 4.61. The zero-order valence-corrected chi connectivity index (χ0v) is 15.1. The quantitative estimate of drug-likeness (QED) is 0.719. The minimum Gasteiger partial charge on any atom is -0.496 e. The first-order valence-electron chi connectivity index (χ1n) is 8.12. The van der Waals surface area contributed by atoms with Crippen LogP contribution in [0.15, 0.2) is 30.6 Å². The molecular formula is C18H23ClN4O. The average molecular weight is 347 g/mol. The summed E-state index contributed by atoms with van der Waals surface area (Å²) >= 11 is 6.38. The lowest BCUT2D eigenvalue weighted by molar-refractivity contribution is 0.241. The second-order valence-corrected chi connectivity index (χ2v) is 6.67. The van der Waals surface area contributed by atoms with Crippen LogP contribution >= 0.6 is 11.6 Å². The smallest absolute Gasteiger partial charge is 0.139 e. The van der Waals surface area contributed by atoms with E-state index >= 15 is 0 Å². The maximum absolute atomic E-state index is 6.38. The van der Waals surface area contributed by atoms with E-state index in [4.69, 9.17) is 16.3 Å². The van der Waals surface area contributed by atoms with Crippen molar-refractivity contribution in [3.8, 4) is 5.75 Å². The molecule has 0 atom stereocenters. The van der Waals surface area contributed by atoms with Crippen LogP contribution in [0.3, 0.4) is 0 Å². The highest BCUT2D eigenvalue weighted by Crippen LogP contribution is 2.34. The third-order valence-electron chi connectivity index (χ3n) is 4.28. The fraction of sp³-hybridized carbons (Fsp3) is 0.444. The van der Waals surface area contributed by atoms with Gasteiger partial charge in [-0.3, -0.25) is 4.90 Å². The molecule has 0 bridgehead atoms. The number of benzene rings is 1. The maximum atomic E-state index is 6.38. The van der Waals surface area contributed by atoms with Gasteiger partial charge in [-0.1, -0.05) is 29.8 Å². The molecule has 1 aromatic heterocycles. The van der Waals surface area contributed by atoms with Crippen LogP contribution in [0.25, 0.3) is 0 Å². The standard InChI is InChI=1S/C18H23ClN4O/c1-22(2)18-15(17(19)20-12-21-18)11-23(14-8-9-14)10-13-6-4-5-7-16(13)24-3/h4-7,12,14H,8-11H2,1-3H3. The van der Waals surface area contributed by atoms with Crippen molar-refractivity contribution in [3.63, 3.8) is 0 Å². The molecule has 2 aromatic rings. The summed E-state index contributed by atoms with van der Waals surface area (Å²) in [6.45, 7) is 1.56. The number of ether oxygens (including phenoxy) is 1. The number of rotatable bonds is 7. The van der Waals surface area contributed by atoms with E-state index in [-0.39, 0.29) is 0 Å². The zero-order chi connectivity index (χ0) is 17.1. The summed E-state index contributed by atoms with van der Waals surface area (Å²) in [4.78, 5) is 13.0. The lowest BCUT2D eigenvalue weighted by Gasteiger charge is -2.25. The number of hydrogen-bond acceptors (Lipinski definition) is 5. The fourth-order valence-electron chi connectivity index (χ4n) is 2.91. The van der Waals surface area contributed by atoms with Crippen LogP contribution in [0, 0.1) is 0 Å². The molecule has 3 rings (SSSR count). The molecule has 0 aliphatic heterocycles. The van der Waals surface area contributed by atoms with Gasteiger partial charge in [-0.05, 0) is 18.9 Å². The van der Waals surface area contributed by atoms with E-state index in [1.165, 1.54) is 24.7 Å². The number of anilines is 1. The number of aromatic nitrogens is 2. The predicted molar refractivity (Wildman–Crippen MR) is 96.6 cm³/mol. The first-order chi connectivity index (χ1) is 11.6. The molecule has 1 aliphatic carbocycles. The van der Waals surface area contributed by atoms with Crippen LogP contribution in [-0.2, 0) is 13.1 Å². The highest BCUT2D eigenvalue weighted by Gasteiger charge is 2.31. The van der Waals surface area contributed by atoms with Gasteiger partial charge in [-0.25, -0.2) is 9.97 Å². The van der Waals surface area contributed by atoms with Crippen molar-refractivity contribution in [1.29, 1.82) is 0 Å². The SMILES string of the molecule is COc1ccccc1CN(Cc1c(Cl)ncnc1N(C)C)C1CC1. The Labute approximate surface area is 148 Å². The minimum atomic E-state index is 0.527. The van der Waals surface area contributed by atoms with E-state index < -0.39 is 0 Å². The van der Waals surface area contributed by atoms with Crippen molar-refractivity contribution in [2.45, 2.75) is 32.0 Å². The maximum Gasteiger partial charge on any atom is 0.139 e. The van der Waals surface area contributed by atoms with Gasteiger partial charge in [-0.15, -0.1) is 0 Å². The number of halogens is 1. The summed E-state index contributed by atoms with van der Waals surface area (Å²) in [7, 11) is 5.67. The first kappa shape index (κ1) is 17.0. The van der Waals surface area contributed by atoms with E-state index in [9.17, 15) is 0 Å². The molecule has 1 saturated carbocycles. The number of para-hydroxylation sites is 1. The van der Waals surface area contributed by atoms with Crippen molar-refractivity contribution in [1.82, 2.24) is 14.9 Å². The van der Waals surface area contributed by atoms with Gasteiger partial charge in [0.25, 0.3) is 0 Å². The van der Waals surface area contributed by atoms with E-state index in [0.29, 0.717) is 11.2 Å². The summed E-state index contributed by atoms with van der Waals surface area (Å²) in [5.41, 5.74) is 2.16. The number of hydrogen-bond donors (Lipinski definition) is 0. The summed E-state index contributed by atoms with van der Waals surface area (Å²) in [6, 6.07) is 8.75. The molecule has 0 unspecified atom stereocenters. The highest BCUT2D eigenvalue weighted by molar-refractivity contribution is 6.30. The second-order valence-electron chi connectivity index (χ2n) is 6.31. The Morgan fingerprint density at radius 2 is 1.92 bits per heavy atom. The van der Waals surface area contributed by atoms with Gasteiger partial charge < -0.3 is 9.64 Å². The molecule has 1 aromatic carbocycles. The Hall–Kier alpha value is -1.85. The predicted octanol–water partition coefficient (Wildman–Crippen LogP) is 3.37. The summed E-state index contributed by atoms with van der Waals surface area (Å²) in [5, 5.41) is 0.527. The summed E-state index contributed by atoms with van der Waals surface area (Å²) in [6.07, 6.45) is 3.96. The fourth-order valence-corrected chi connectivity index (χ4v) is 3.10. The van der Waals surface area contributed by atoms with Crippen LogP contribution < -0.4 is 9.64 Å². The van der Waals surface area contributed by atoms with Gasteiger partial charge in [0, 0.05) is 44.4 Å². The Morgan fingerprint density at radius 1 is 1.17 bits per heavy atom. The minimum absolute atomic E-state index is 0.527. The Balaban J connectivity index is 1.86. The van der Waals surface area contributed by atoms with Crippen molar-refractivity contribution >= 4 is 17.4 Å². The normalized spacial score (nSPS) is 14.0. The van der Waals surface area contributed by atoms with Crippen LogP contribution in [0.1, 0.15) is 24.0 Å². The number of methoxy groups -OCH3 is 1. The van der Waals surface area contributed by atoms with E-state index in [2.05, 4.69) is 20.9 Å². The van der Waals surface area contributed by atoms with Gasteiger partial charge in [-0.2, -0.15) is 0 Å². The third kappa shape index (κ3) is 3.79. The molecule has 0 radical (unpaired) electrons. The van der Waals surface area contributed by atoms with Gasteiger partial charge in [0.1, 0.15) is 23.0 Å². The van der Waals surface area contributed by atoms with Crippen molar-refractivity contribution in [3.05, 3.63) is 46.9 Å². The number of nitrogens with zero attached hydrogens (tertiary/aromatic N) is 4. The summed E-state index contributed by atoms with van der Waals surface area (Å²) in [5.74, 6) is 1.80. The molecule has 0 amide bonds. The van der Waals surface area contributed by atoms with Crippen LogP contribution in [0.5, 0.6) is 5.75 Å². The van der Waals surface area contributed by atoms with Crippen molar-refractivity contribution in [2.75, 3.05) is 26.1 Å². The zero-order valence-electron chi connectivity index (χ0n) is 14.4. The second kappa shape index (κ2) is 7.36. The monoisotopic (exact) mass is 346 g/mol. The van der Waals surface area contributed by atoms with Crippen LogP contribution in [-0.4, -0.2) is 42.1 Å². The molecule has 0 spiro atoms. The van der Waals surface area contributed by atoms with Gasteiger partial charge in [0.05, 0.1) is 7.11 Å².